The van der Waals surface area contributed by atoms with Crippen molar-refractivity contribution in [2.24, 2.45) is 0 Å². The van der Waals surface area contributed by atoms with E-state index >= 15 is 0 Å². The molecule has 0 fully saturated rings. The summed E-state index contributed by atoms with van der Waals surface area (Å²) in [6.07, 6.45) is 0.864. The third-order valence-corrected chi connectivity index (χ3v) is 3.48. The van der Waals surface area contributed by atoms with Crippen LogP contribution in [-0.2, 0) is 0 Å². The Balaban J connectivity index is 1.94. The summed E-state index contributed by atoms with van der Waals surface area (Å²) < 4.78 is 11.1. The molecule has 1 aliphatic heterocycles. The number of hydrogen-bond donors (Lipinski definition) is 0. The van der Waals surface area contributed by atoms with Crippen LogP contribution < -0.4 is 9.47 Å². The second kappa shape index (κ2) is 4.82. The number of fused-ring (bicyclic) bond motifs is 1. The van der Waals surface area contributed by atoms with Crippen LogP contribution in [0.3, 0.4) is 0 Å². The Morgan fingerprint density at radius 1 is 1.06 bits per heavy atom. The van der Waals surface area contributed by atoms with Gasteiger partial charge in [-0.15, -0.1) is 0 Å². The monoisotopic (exact) mass is 260 g/mol. The van der Waals surface area contributed by atoms with E-state index in [-0.39, 0.29) is 5.78 Å². The van der Waals surface area contributed by atoms with Gasteiger partial charge in [0.15, 0.2) is 17.3 Å². The first-order valence-corrected chi connectivity index (χ1v) is 6.75. The first-order valence-electron chi connectivity index (χ1n) is 5.81. The highest BCUT2D eigenvalue weighted by atomic mass is 32.1. The van der Waals surface area contributed by atoms with Crippen LogP contribution in [0.25, 0.3) is 0 Å². The maximum absolute atomic E-state index is 12.2. The largest absolute Gasteiger partial charge is 0.490 e. The molecule has 1 aliphatic rings. The van der Waals surface area contributed by atoms with Crippen LogP contribution in [0.5, 0.6) is 11.5 Å². The summed E-state index contributed by atoms with van der Waals surface area (Å²) in [6, 6.07) is 7.18. The predicted molar refractivity (Wildman–Crippen MR) is 69.8 cm³/mol. The van der Waals surface area contributed by atoms with Gasteiger partial charge in [-0.25, -0.2) is 0 Å². The molecule has 0 atom stereocenters. The van der Waals surface area contributed by atoms with Crippen molar-refractivity contribution in [2.75, 3.05) is 13.2 Å². The fraction of sp³-hybridized carbons (Fsp3) is 0.214. The zero-order chi connectivity index (χ0) is 12.4. The Labute approximate surface area is 109 Å². The van der Waals surface area contributed by atoms with E-state index in [0.29, 0.717) is 24.5 Å². The van der Waals surface area contributed by atoms with E-state index in [0.717, 1.165) is 17.7 Å². The van der Waals surface area contributed by atoms with E-state index in [1.54, 1.807) is 18.2 Å². The molecule has 3 nitrogen and oxygen atoms in total. The smallest absolute Gasteiger partial charge is 0.193 e. The Bertz CT molecular complexity index is 560. The minimum Gasteiger partial charge on any atom is -0.490 e. The molecule has 92 valence electrons. The maximum Gasteiger partial charge on any atom is 0.193 e. The van der Waals surface area contributed by atoms with Crippen LogP contribution in [0.2, 0.25) is 0 Å². The standard InChI is InChI=1S/C14H12O3S/c15-14(11-4-7-18-9-11)10-2-3-12-13(8-10)17-6-1-5-16-12/h2-4,7-9H,1,5-6H2. The number of hydrogen-bond acceptors (Lipinski definition) is 4. The molecule has 3 rings (SSSR count). The number of thiophene rings is 1. The van der Waals surface area contributed by atoms with Gasteiger partial charge in [-0.3, -0.25) is 4.79 Å². The molecule has 0 radical (unpaired) electrons. The maximum atomic E-state index is 12.2. The van der Waals surface area contributed by atoms with Gasteiger partial charge in [0.25, 0.3) is 0 Å². The number of carbonyl (C=O) groups is 1. The van der Waals surface area contributed by atoms with Gasteiger partial charge in [0, 0.05) is 22.9 Å². The summed E-state index contributed by atoms with van der Waals surface area (Å²) in [5.74, 6) is 1.40. The summed E-state index contributed by atoms with van der Waals surface area (Å²) in [7, 11) is 0. The minimum atomic E-state index is 0.0203. The molecule has 0 amide bonds. The molecular formula is C14H12O3S. The molecule has 0 spiro atoms. The molecule has 1 aromatic heterocycles. The highest BCUT2D eigenvalue weighted by Gasteiger charge is 2.15. The van der Waals surface area contributed by atoms with E-state index in [4.69, 9.17) is 9.47 Å². The summed E-state index contributed by atoms with van der Waals surface area (Å²) in [5, 5.41) is 3.75. The molecule has 1 aromatic carbocycles. The number of benzene rings is 1. The second-order valence-electron chi connectivity index (χ2n) is 4.05. The van der Waals surface area contributed by atoms with Crippen molar-refractivity contribution >= 4 is 17.1 Å². The second-order valence-corrected chi connectivity index (χ2v) is 4.83. The van der Waals surface area contributed by atoms with E-state index in [2.05, 4.69) is 0 Å². The average Bonchev–Trinajstić information content (AvgIpc) is 2.83. The lowest BCUT2D eigenvalue weighted by Gasteiger charge is -2.08. The van der Waals surface area contributed by atoms with E-state index < -0.39 is 0 Å². The number of ketones is 1. The average molecular weight is 260 g/mol. The lowest BCUT2D eigenvalue weighted by molar-refractivity contribution is 0.103. The molecule has 4 heteroatoms. The van der Waals surface area contributed by atoms with Gasteiger partial charge < -0.3 is 9.47 Å². The molecule has 2 aromatic rings. The minimum absolute atomic E-state index is 0.0203. The van der Waals surface area contributed by atoms with Gasteiger partial charge in [-0.2, -0.15) is 11.3 Å². The lowest BCUT2D eigenvalue weighted by atomic mass is 10.1. The van der Waals surface area contributed by atoms with Crippen LogP contribution in [0.1, 0.15) is 22.3 Å². The van der Waals surface area contributed by atoms with Crippen LogP contribution in [0.15, 0.2) is 35.0 Å². The summed E-state index contributed by atoms with van der Waals surface area (Å²) in [4.78, 5) is 12.2. The van der Waals surface area contributed by atoms with Crippen molar-refractivity contribution in [3.05, 3.63) is 46.2 Å². The summed E-state index contributed by atoms with van der Waals surface area (Å²) >= 11 is 1.52. The normalized spacial score (nSPS) is 14.0. The van der Waals surface area contributed by atoms with Crippen molar-refractivity contribution in [1.29, 1.82) is 0 Å². The van der Waals surface area contributed by atoms with Gasteiger partial charge in [0.05, 0.1) is 13.2 Å². The molecule has 0 N–H and O–H groups in total. The van der Waals surface area contributed by atoms with Gasteiger partial charge >= 0.3 is 0 Å². The quantitative estimate of drug-likeness (QED) is 0.778. The highest BCUT2D eigenvalue weighted by Crippen LogP contribution is 2.31. The molecule has 0 saturated carbocycles. The van der Waals surface area contributed by atoms with Crippen LogP contribution in [0, 0.1) is 0 Å². The fourth-order valence-corrected chi connectivity index (χ4v) is 2.50. The zero-order valence-electron chi connectivity index (χ0n) is 9.72. The van der Waals surface area contributed by atoms with Crippen molar-refractivity contribution < 1.29 is 14.3 Å². The third-order valence-electron chi connectivity index (χ3n) is 2.79. The molecule has 0 bridgehead atoms. The fourth-order valence-electron chi connectivity index (χ4n) is 1.86. The first kappa shape index (κ1) is 11.3. The first-order chi connectivity index (χ1) is 8.84. The topological polar surface area (TPSA) is 35.5 Å². The van der Waals surface area contributed by atoms with Crippen LogP contribution >= 0.6 is 11.3 Å². The molecule has 18 heavy (non-hydrogen) atoms. The van der Waals surface area contributed by atoms with E-state index in [9.17, 15) is 4.79 Å². The Kier molecular flexibility index (Phi) is 3.02. The Morgan fingerprint density at radius 2 is 1.89 bits per heavy atom. The Morgan fingerprint density at radius 3 is 2.67 bits per heavy atom. The van der Waals surface area contributed by atoms with E-state index in [1.807, 2.05) is 16.8 Å². The van der Waals surface area contributed by atoms with Gasteiger partial charge in [-0.1, -0.05) is 0 Å². The van der Waals surface area contributed by atoms with Gasteiger partial charge in [-0.05, 0) is 29.6 Å². The van der Waals surface area contributed by atoms with Crippen molar-refractivity contribution in [3.63, 3.8) is 0 Å². The van der Waals surface area contributed by atoms with E-state index in [1.165, 1.54) is 11.3 Å². The molecule has 2 heterocycles. The summed E-state index contributed by atoms with van der Waals surface area (Å²) in [6.45, 7) is 1.29. The SMILES string of the molecule is O=C(c1ccsc1)c1ccc2c(c1)OCCCO2. The van der Waals surface area contributed by atoms with Crippen molar-refractivity contribution in [3.8, 4) is 11.5 Å². The Hall–Kier alpha value is -1.81. The van der Waals surface area contributed by atoms with Crippen LogP contribution in [0.4, 0.5) is 0 Å². The number of carbonyl (C=O) groups excluding carboxylic acids is 1. The number of rotatable bonds is 2. The zero-order valence-corrected chi connectivity index (χ0v) is 10.5. The molecule has 0 saturated heterocycles. The number of ether oxygens (including phenoxy) is 2. The molecular weight excluding hydrogens is 248 g/mol. The highest BCUT2D eigenvalue weighted by molar-refractivity contribution is 7.08. The van der Waals surface area contributed by atoms with Gasteiger partial charge in [0.1, 0.15) is 0 Å². The van der Waals surface area contributed by atoms with Crippen molar-refractivity contribution in [2.45, 2.75) is 6.42 Å². The predicted octanol–water partition coefficient (Wildman–Crippen LogP) is 3.14. The summed E-state index contributed by atoms with van der Waals surface area (Å²) in [5.41, 5.74) is 1.35. The van der Waals surface area contributed by atoms with Crippen molar-refractivity contribution in [1.82, 2.24) is 0 Å². The lowest BCUT2D eigenvalue weighted by Crippen LogP contribution is -2.01. The van der Waals surface area contributed by atoms with Crippen LogP contribution in [-0.4, -0.2) is 19.0 Å². The third kappa shape index (κ3) is 2.11. The molecule has 0 unspecified atom stereocenters. The van der Waals surface area contributed by atoms with Gasteiger partial charge in [0.2, 0.25) is 0 Å². The molecule has 0 aliphatic carbocycles.